The number of anilines is 1. The Morgan fingerprint density at radius 1 is 1.44 bits per heavy atom. The molecule has 3 rings (SSSR count). The SMILES string of the molecule is COCn1ccc(C(=O)Nc2c(C(N)=O)sc3nc(C(F)F)cc(C)c23)n1. The van der Waals surface area contributed by atoms with Gasteiger partial charge in [0, 0.05) is 18.7 Å². The third kappa shape index (κ3) is 3.64. The maximum atomic E-state index is 13.0. The van der Waals surface area contributed by atoms with Gasteiger partial charge in [-0.1, -0.05) is 0 Å². The quantitative estimate of drug-likeness (QED) is 0.666. The second kappa shape index (κ2) is 7.37. The van der Waals surface area contributed by atoms with E-state index >= 15 is 0 Å². The number of aryl methyl sites for hydroxylation is 1. The van der Waals surface area contributed by atoms with Crippen LogP contribution in [0.5, 0.6) is 0 Å². The minimum atomic E-state index is -2.75. The molecule has 3 N–H and O–H groups in total. The first-order valence-corrected chi connectivity index (χ1v) is 8.49. The smallest absolute Gasteiger partial charge is 0.280 e. The molecule has 0 bridgehead atoms. The van der Waals surface area contributed by atoms with E-state index < -0.39 is 23.9 Å². The number of methoxy groups -OCH3 is 1. The molecule has 0 aliphatic rings. The lowest BCUT2D eigenvalue weighted by molar-refractivity contribution is 0.100. The zero-order chi connectivity index (χ0) is 19.7. The fourth-order valence-corrected chi connectivity index (χ4v) is 3.64. The number of nitrogens with one attached hydrogen (secondary N) is 1. The van der Waals surface area contributed by atoms with Crippen molar-refractivity contribution in [2.24, 2.45) is 5.73 Å². The van der Waals surface area contributed by atoms with E-state index in [-0.39, 0.29) is 27.8 Å². The van der Waals surface area contributed by atoms with Crippen LogP contribution in [0.2, 0.25) is 0 Å². The van der Waals surface area contributed by atoms with Gasteiger partial charge in [0.25, 0.3) is 18.2 Å². The van der Waals surface area contributed by atoms with Gasteiger partial charge in [-0.3, -0.25) is 9.59 Å². The highest BCUT2D eigenvalue weighted by Gasteiger charge is 2.24. The lowest BCUT2D eigenvalue weighted by atomic mass is 10.1. The first-order chi connectivity index (χ1) is 12.8. The molecule has 0 spiro atoms. The van der Waals surface area contributed by atoms with Crippen molar-refractivity contribution in [3.05, 3.63) is 40.2 Å². The van der Waals surface area contributed by atoms with Crippen LogP contribution in [0.4, 0.5) is 14.5 Å². The zero-order valence-electron chi connectivity index (χ0n) is 14.3. The van der Waals surface area contributed by atoms with Gasteiger partial charge in [0.2, 0.25) is 0 Å². The number of aromatic nitrogens is 3. The van der Waals surface area contributed by atoms with Crippen molar-refractivity contribution in [3.8, 4) is 0 Å². The van der Waals surface area contributed by atoms with Crippen LogP contribution in [0.3, 0.4) is 0 Å². The molecule has 0 aliphatic carbocycles. The fraction of sp³-hybridized carbons (Fsp3) is 0.250. The van der Waals surface area contributed by atoms with E-state index in [0.717, 1.165) is 11.3 Å². The lowest BCUT2D eigenvalue weighted by Crippen LogP contribution is -2.17. The van der Waals surface area contributed by atoms with Crippen molar-refractivity contribution < 1.29 is 23.1 Å². The van der Waals surface area contributed by atoms with Crippen LogP contribution in [0.15, 0.2) is 18.3 Å². The van der Waals surface area contributed by atoms with Crippen LogP contribution >= 0.6 is 11.3 Å². The predicted octanol–water partition coefficient (Wildman–Crippen LogP) is 2.69. The Hall–Kier alpha value is -2.92. The molecular weight excluding hydrogens is 380 g/mol. The van der Waals surface area contributed by atoms with E-state index in [2.05, 4.69) is 15.4 Å². The Bertz CT molecular complexity index is 1030. The van der Waals surface area contributed by atoms with Crippen LogP contribution in [-0.2, 0) is 11.5 Å². The highest BCUT2D eigenvalue weighted by molar-refractivity contribution is 7.21. The zero-order valence-corrected chi connectivity index (χ0v) is 15.1. The summed E-state index contributed by atoms with van der Waals surface area (Å²) >= 11 is 0.849. The number of nitrogens with zero attached hydrogens (tertiary/aromatic N) is 3. The van der Waals surface area contributed by atoms with Crippen molar-refractivity contribution in [1.82, 2.24) is 14.8 Å². The Morgan fingerprint density at radius 2 is 2.19 bits per heavy atom. The summed E-state index contributed by atoms with van der Waals surface area (Å²) in [5.41, 5.74) is 5.66. The van der Waals surface area contributed by atoms with Gasteiger partial charge in [0.1, 0.15) is 22.1 Å². The van der Waals surface area contributed by atoms with Gasteiger partial charge in [0.05, 0.1) is 5.69 Å². The van der Waals surface area contributed by atoms with Gasteiger partial charge >= 0.3 is 0 Å². The molecule has 0 aromatic carbocycles. The van der Waals surface area contributed by atoms with Gasteiger partial charge in [0.15, 0.2) is 5.69 Å². The topological polar surface area (TPSA) is 112 Å². The number of nitrogens with two attached hydrogens (primary N) is 1. The standard InChI is InChI=1S/C16H15F2N5O3S/c1-7-5-9(13(17)18)20-16-10(7)11(12(27-16)14(19)24)21-15(25)8-3-4-23(22-8)6-26-2/h3-5,13H,6H2,1-2H3,(H2,19,24)(H,21,25). The number of primary amides is 1. The third-order valence-electron chi connectivity index (χ3n) is 3.70. The number of fused-ring (bicyclic) bond motifs is 1. The molecule has 0 radical (unpaired) electrons. The van der Waals surface area contributed by atoms with Crippen LogP contribution in [0, 0.1) is 6.92 Å². The molecule has 0 saturated heterocycles. The van der Waals surface area contributed by atoms with Crippen LogP contribution in [0.25, 0.3) is 10.2 Å². The molecule has 0 unspecified atom stereocenters. The molecule has 142 valence electrons. The molecule has 0 fully saturated rings. The molecule has 8 nitrogen and oxygen atoms in total. The first-order valence-electron chi connectivity index (χ1n) is 7.67. The van der Waals surface area contributed by atoms with Crippen molar-refractivity contribution >= 4 is 39.1 Å². The monoisotopic (exact) mass is 395 g/mol. The number of thiophene rings is 1. The number of amides is 2. The summed E-state index contributed by atoms with van der Waals surface area (Å²) < 4.78 is 32.3. The Morgan fingerprint density at radius 3 is 2.81 bits per heavy atom. The van der Waals surface area contributed by atoms with E-state index in [0.29, 0.717) is 10.9 Å². The van der Waals surface area contributed by atoms with Gasteiger partial charge in [-0.05, 0) is 24.6 Å². The van der Waals surface area contributed by atoms with Crippen molar-refractivity contribution in [1.29, 1.82) is 0 Å². The van der Waals surface area contributed by atoms with Crippen LogP contribution in [0.1, 0.15) is 37.8 Å². The van der Waals surface area contributed by atoms with Crippen molar-refractivity contribution in [2.45, 2.75) is 20.1 Å². The molecule has 3 aromatic rings. The summed E-state index contributed by atoms with van der Waals surface area (Å²) in [5.74, 6) is -1.37. The fourth-order valence-electron chi connectivity index (χ4n) is 2.58. The summed E-state index contributed by atoms with van der Waals surface area (Å²) in [4.78, 5) is 28.4. The molecule has 2 amide bonds. The van der Waals surface area contributed by atoms with Gasteiger partial charge in [-0.25, -0.2) is 18.4 Å². The average Bonchev–Trinajstić information content (AvgIpc) is 3.20. The summed E-state index contributed by atoms with van der Waals surface area (Å²) in [7, 11) is 1.49. The van der Waals surface area contributed by atoms with Crippen LogP contribution < -0.4 is 11.1 Å². The van der Waals surface area contributed by atoms with Gasteiger partial charge in [-0.15, -0.1) is 11.3 Å². The maximum absolute atomic E-state index is 13.0. The maximum Gasteiger partial charge on any atom is 0.280 e. The molecular formula is C16H15F2N5O3S. The third-order valence-corrected chi connectivity index (χ3v) is 4.80. The molecule has 27 heavy (non-hydrogen) atoms. The van der Waals surface area contributed by atoms with E-state index in [9.17, 15) is 18.4 Å². The van der Waals surface area contributed by atoms with Crippen LogP contribution in [-0.4, -0.2) is 33.7 Å². The Kier molecular flexibility index (Phi) is 5.15. The summed E-state index contributed by atoms with van der Waals surface area (Å²) in [5, 5.41) is 7.04. The first kappa shape index (κ1) is 18.9. The number of pyridine rings is 1. The number of rotatable bonds is 6. The number of ether oxygens (including phenoxy) is 1. The van der Waals surface area contributed by atoms with E-state index in [1.165, 1.54) is 23.9 Å². The number of carbonyl (C=O) groups is 2. The second-order valence-corrected chi connectivity index (χ2v) is 6.63. The molecule has 3 heterocycles. The molecule has 3 aromatic heterocycles. The van der Waals surface area contributed by atoms with Gasteiger partial charge < -0.3 is 15.8 Å². The minimum Gasteiger partial charge on any atom is -0.365 e. The number of halogens is 2. The largest absolute Gasteiger partial charge is 0.365 e. The van der Waals surface area contributed by atoms with Crippen molar-refractivity contribution in [3.63, 3.8) is 0 Å². The molecule has 0 aliphatic heterocycles. The summed E-state index contributed by atoms with van der Waals surface area (Å²) in [6.45, 7) is 1.76. The number of alkyl halides is 2. The van der Waals surface area contributed by atoms with Gasteiger partial charge in [-0.2, -0.15) is 5.10 Å². The second-order valence-electron chi connectivity index (χ2n) is 5.63. The highest BCUT2D eigenvalue weighted by Crippen LogP contribution is 2.38. The molecule has 11 heteroatoms. The molecule has 0 saturated carbocycles. The van der Waals surface area contributed by atoms with Crippen molar-refractivity contribution in [2.75, 3.05) is 12.4 Å². The average molecular weight is 395 g/mol. The summed E-state index contributed by atoms with van der Waals surface area (Å²) in [6.07, 6.45) is -1.20. The normalized spacial score (nSPS) is 11.3. The number of hydrogen-bond acceptors (Lipinski definition) is 6. The highest BCUT2D eigenvalue weighted by atomic mass is 32.1. The Balaban J connectivity index is 2.04. The van der Waals surface area contributed by atoms with E-state index in [1.54, 1.807) is 13.1 Å². The Labute approximate surface area is 155 Å². The summed E-state index contributed by atoms with van der Waals surface area (Å²) in [6, 6.07) is 2.69. The minimum absolute atomic E-state index is 0.0247. The molecule has 0 atom stereocenters. The predicted molar refractivity (Wildman–Crippen MR) is 95.0 cm³/mol. The lowest BCUT2D eigenvalue weighted by Gasteiger charge is -2.07. The number of hydrogen-bond donors (Lipinski definition) is 2. The van der Waals surface area contributed by atoms with E-state index in [4.69, 9.17) is 10.5 Å². The number of carbonyl (C=O) groups excluding carboxylic acids is 2. The van der Waals surface area contributed by atoms with E-state index in [1.807, 2.05) is 0 Å².